The van der Waals surface area contributed by atoms with Crippen molar-refractivity contribution in [2.24, 2.45) is 0 Å². The summed E-state index contributed by atoms with van der Waals surface area (Å²) in [5, 5.41) is 22.8. The standard InChI is InChI=1S/C18H20N4O2/c1-13-6-3-4-7-14(13)11-18-19-21-22(20-18)12-17(23)15-8-5-9-16(10-15)24-2/h3-10,17,23H,11-12H2,1-2H3/t17-/m0/s1. The van der Waals surface area contributed by atoms with Gasteiger partial charge >= 0.3 is 0 Å². The van der Waals surface area contributed by atoms with Gasteiger partial charge in [-0.25, -0.2) is 0 Å². The summed E-state index contributed by atoms with van der Waals surface area (Å²) in [6.07, 6.45) is -0.0947. The Hall–Kier alpha value is -2.73. The van der Waals surface area contributed by atoms with Crippen molar-refractivity contribution in [3.8, 4) is 5.75 Å². The number of aryl methyl sites for hydroxylation is 1. The van der Waals surface area contributed by atoms with E-state index >= 15 is 0 Å². The minimum Gasteiger partial charge on any atom is -0.497 e. The van der Waals surface area contributed by atoms with Crippen molar-refractivity contribution in [1.29, 1.82) is 0 Å². The minimum atomic E-state index is -0.722. The lowest BCUT2D eigenvalue weighted by Crippen LogP contribution is -2.12. The predicted molar refractivity (Wildman–Crippen MR) is 89.8 cm³/mol. The lowest BCUT2D eigenvalue weighted by molar-refractivity contribution is 0.144. The fourth-order valence-electron chi connectivity index (χ4n) is 2.51. The van der Waals surface area contributed by atoms with Crippen molar-refractivity contribution >= 4 is 0 Å². The summed E-state index contributed by atoms with van der Waals surface area (Å²) in [7, 11) is 1.60. The molecular formula is C18H20N4O2. The molecule has 1 heterocycles. The van der Waals surface area contributed by atoms with Gasteiger partial charge in [-0.1, -0.05) is 36.4 Å². The zero-order chi connectivity index (χ0) is 16.9. The van der Waals surface area contributed by atoms with Crippen molar-refractivity contribution in [1.82, 2.24) is 20.2 Å². The number of tetrazole rings is 1. The Morgan fingerprint density at radius 2 is 2.00 bits per heavy atom. The summed E-state index contributed by atoms with van der Waals surface area (Å²) in [5.41, 5.74) is 3.13. The largest absolute Gasteiger partial charge is 0.497 e. The summed E-state index contributed by atoms with van der Waals surface area (Å²) >= 11 is 0. The smallest absolute Gasteiger partial charge is 0.179 e. The normalized spacial score (nSPS) is 12.1. The van der Waals surface area contributed by atoms with E-state index in [2.05, 4.69) is 34.5 Å². The van der Waals surface area contributed by atoms with Crippen LogP contribution in [0.2, 0.25) is 0 Å². The lowest BCUT2D eigenvalue weighted by Gasteiger charge is -2.10. The Labute approximate surface area is 140 Å². The molecule has 1 aromatic heterocycles. The molecule has 0 amide bonds. The molecule has 6 heteroatoms. The SMILES string of the molecule is COc1cccc([C@@H](O)Cn2nnc(Cc3ccccc3C)n2)c1. The predicted octanol–water partition coefficient (Wildman–Crippen LogP) is 2.31. The zero-order valence-electron chi connectivity index (χ0n) is 13.8. The van der Waals surface area contributed by atoms with Gasteiger partial charge in [0.25, 0.3) is 0 Å². The highest BCUT2D eigenvalue weighted by atomic mass is 16.5. The Balaban J connectivity index is 1.68. The summed E-state index contributed by atoms with van der Waals surface area (Å²) in [6.45, 7) is 2.31. The molecule has 0 fully saturated rings. The molecule has 0 aliphatic rings. The molecule has 0 saturated heterocycles. The highest BCUT2D eigenvalue weighted by molar-refractivity contribution is 5.30. The van der Waals surface area contributed by atoms with E-state index in [1.165, 1.54) is 15.9 Å². The second-order valence-corrected chi connectivity index (χ2v) is 5.66. The van der Waals surface area contributed by atoms with Gasteiger partial charge in [-0.15, -0.1) is 10.2 Å². The highest BCUT2D eigenvalue weighted by Gasteiger charge is 2.12. The average Bonchev–Trinajstić information content (AvgIpc) is 3.04. The van der Waals surface area contributed by atoms with Gasteiger partial charge < -0.3 is 9.84 Å². The molecule has 0 bridgehead atoms. The van der Waals surface area contributed by atoms with Crippen molar-refractivity contribution in [3.05, 3.63) is 71.0 Å². The van der Waals surface area contributed by atoms with Crippen molar-refractivity contribution in [2.45, 2.75) is 26.0 Å². The van der Waals surface area contributed by atoms with E-state index in [0.717, 1.165) is 5.56 Å². The van der Waals surface area contributed by atoms with Crippen LogP contribution in [0.1, 0.15) is 28.6 Å². The molecule has 24 heavy (non-hydrogen) atoms. The first-order valence-electron chi connectivity index (χ1n) is 7.79. The second kappa shape index (κ2) is 7.23. The topological polar surface area (TPSA) is 73.1 Å². The molecule has 1 N–H and O–H groups in total. The number of methoxy groups -OCH3 is 1. The number of hydrogen-bond donors (Lipinski definition) is 1. The van der Waals surface area contributed by atoms with Crippen molar-refractivity contribution in [3.63, 3.8) is 0 Å². The third-order valence-corrected chi connectivity index (χ3v) is 3.92. The maximum absolute atomic E-state index is 10.4. The number of ether oxygens (including phenoxy) is 1. The molecule has 0 radical (unpaired) electrons. The Morgan fingerprint density at radius 1 is 1.17 bits per heavy atom. The number of aliphatic hydroxyl groups excluding tert-OH is 1. The molecule has 6 nitrogen and oxygen atoms in total. The van der Waals surface area contributed by atoms with E-state index < -0.39 is 6.10 Å². The van der Waals surface area contributed by atoms with Crippen molar-refractivity contribution in [2.75, 3.05) is 7.11 Å². The highest BCUT2D eigenvalue weighted by Crippen LogP contribution is 2.20. The molecule has 0 saturated carbocycles. The maximum atomic E-state index is 10.4. The fourth-order valence-corrected chi connectivity index (χ4v) is 2.51. The van der Waals surface area contributed by atoms with Gasteiger partial charge in [-0.05, 0) is 41.0 Å². The van der Waals surface area contributed by atoms with Crippen LogP contribution in [-0.2, 0) is 13.0 Å². The zero-order valence-corrected chi connectivity index (χ0v) is 13.8. The van der Waals surface area contributed by atoms with E-state index in [0.29, 0.717) is 18.0 Å². The molecule has 3 aromatic rings. The quantitative estimate of drug-likeness (QED) is 0.753. The van der Waals surface area contributed by atoms with Gasteiger partial charge in [0, 0.05) is 6.42 Å². The number of benzene rings is 2. The average molecular weight is 324 g/mol. The summed E-state index contributed by atoms with van der Waals surface area (Å²) in [5.74, 6) is 1.35. The van der Waals surface area contributed by atoms with E-state index in [9.17, 15) is 5.11 Å². The molecule has 0 spiro atoms. The van der Waals surface area contributed by atoms with Crippen LogP contribution >= 0.6 is 0 Å². The van der Waals surface area contributed by atoms with Crippen LogP contribution in [0.4, 0.5) is 0 Å². The third-order valence-electron chi connectivity index (χ3n) is 3.92. The Bertz CT molecular complexity index is 816. The molecular weight excluding hydrogens is 304 g/mol. The molecule has 1 atom stereocenters. The van der Waals surface area contributed by atoms with Gasteiger partial charge in [0.15, 0.2) is 5.82 Å². The van der Waals surface area contributed by atoms with Gasteiger partial charge in [0.05, 0.1) is 13.7 Å². The van der Waals surface area contributed by atoms with E-state index in [-0.39, 0.29) is 6.54 Å². The lowest BCUT2D eigenvalue weighted by atomic mass is 10.1. The first kappa shape index (κ1) is 16.1. The molecule has 0 unspecified atom stereocenters. The number of aromatic nitrogens is 4. The van der Waals surface area contributed by atoms with E-state index in [1.54, 1.807) is 13.2 Å². The van der Waals surface area contributed by atoms with Crippen LogP contribution in [0.3, 0.4) is 0 Å². The molecule has 2 aromatic carbocycles. The van der Waals surface area contributed by atoms with Gasteiger partial charge in [-0.3, -0.25) is 0 Å². The van der Waals surface area contributed by atoms with Crippen LogP contribution < -0.4 is 4.74 Å². The molecule has 3 rings (SSSR count). The number of nitrogens with zero attached hydrogens (tertiary/aromatic N) is 4. The number of aliphatic hydroxyl groups is 1. The van der Waals surface area contributed by atoms with Crippen LogP contribution in [0.5, 0.6) is 5.75 Å². The van der Waals surface area contributed by atoms with Crippen LogP contribution in [-0.4, -0.2) is 32.4 Å². The number of hydrogen-bond acceptors (Lipinski definition) is 5. The van der Waals surface area contributed by atoms with E-state index in [4.69, 9.17) is 4.74 Å². The number of rotatable bonds is 6. The minimum absolute atomic E-state index is 0.244. The van der Waals surface area contributed by atoms with E-state index in [1.807, 2.05) is 30.3 Å². The Morgan fingerprint density at radius 3 is 2.79 bits per heavy atom. The van der Waals surface area contributed by atoms with Gasteiger partial charge in [0.1, 0.15) is 11.9 Å². The molecule has 0 aliphatic heterocycles. The third kappa shape index (κ3) is 3.78. The van der Waals surface area contributed by atoms with Gasteiger partial charge in [-0.2, -0.15) is 4.80 Å². The molecule has 124 valence electrons. The first-order chi connectivity index (χ1) is 11.7. The maximum Gasteiger partial charge on any atom is 0.179 e. The van der Waals surface area contributed by atoms with Gasteiger partial charge in [0.2, 0.25) is 0 Å². The van der Waals surface area contributed by atoms with Crippen LogP contribution in [0.15, 0.2) is 48.5 Å². The van der Waals surface area contributed by atoms with Crippen LogP contribution in [0.25, 0.3) is 0 Å². The van der Waals surface area contributed by atoms with Crippen molar-refractivity contribution < 1.29 is 9.84 Å². The second-order valence-electron chi connectivity index (χ2n) is 5.66. The summed E-state index contributed by atoms with van der Waals surface area (Å²) < 4.78 is 5.18. The summed E-state index contributed by atoms with van der Waals surface area (Å²) in [6, 6.07) is 15.5. The van der Waals surface area contributed by atoms with Crippen LogP contribution in [0, 0.1) is 6.92 Å². The monoisotopic (exact) mass is 324 g/mol. The molecule has 0 aliphatic carbocycles. The first-order valence-corrected chi connectivity index (χ1v) is 7.79. The Kier molecular flexibility index (Phi) is 4.86. The summed E-state index contributed by atoms with van der Waals surface area (Å²) in [4.78, 5) is 1.43. The fraction of sp³-hybridized carbons (Fsp3) is 0.278.